The second-order valence-electron chi connectivity index (χ2n) is 7.18. The van der Waals surface area contributed by atoms with E-state index < -0.39 is 0 Å². The minimum absolute atomic E-state index is 0.0570. The SMILES string of the molecule is Cc1ccc(/C=C/C(=O)N2CCN(c3nc4ccccc4nc3C)CC2)cc1. The van der Waals surface area contributed by atoms with E-state index in [0.29, 0.717) is 13.1 Å². The second-order valence-corrected chi connectivity index (χ2v) is 7.18. The molecule has 0 saturated carbocycles. The molecule has 28 heavy (non-hydrogen) atoms. The van der Waals surface area contributed by atoms with Crippen molar-refractivity contribution in [3.63, 3.8) is 0 Å². The molecule has 0 spiro atoms. The van der Waals surface area contributed by atoms with Gasteiger partial charge in [0.2, 0.25) is 5.91 Å². The minimum Gasteiger partial charge on any atom is -0.352 e. The average molecular weight is 372 g/mol. The Morgan fingerprint density at radius 3 is 2.21 bits per heavy atom. The van der Waals surface area contributed by atoms with Crippen LogP contribution in [0.4, 0.5) is 5.82 Å². The molecule has 0 radical (unpaired) electrons. The molecule has 0 bridgehead atoms. The van der Waals surface area contributed by atoms with Crippen LogP contribution >= 0.6 is 0 Å². The summed E-state index contributed by atoms with van der Waals surface area (Å²) >= 11 is 0. The molecule has 2 heterocycles. The Kier molecular flexibility index (Phi) is 5.06. The van der Waals surface area contributed by atoms with E-state index in [1.54, 1.807) is 6.08 Å². The third-order valence-corrected chi connectivity index (χ3v) is 5.11. The Bertz CT molecular complexity index is 1020. The van der Waals surface area contributed by atoms with Gasteiger partial charge < -0.3 is 9.80 Å². The number of hydrogen-bond donors (Lipinski definition) is 0. The molecule has 1 amide bonds. The molecule has 1 aromatic heterocycles. The lowest BCUT2D eigenvalue weighted by molar-refractivity contribution is -0.126. The van der Waals surface area contributed by atoms with Crippen molar-refractivity contribution < 1.29 is 4.79 Å². The fourth-order valence-corrected chi connectivity index (χ4v) is 3.47. The Morgan fingerprint density at radius 1 is 0.893 bits per heavy atom. The molecule has 0 aliphatic carbocycles. The number of piperazine rings is 1. The van der Waals surface area contributed by atoms with Gasteiger partial charge in [0, 0.05) is 32.3 Å². The molecule has 1 aliphatic heterocycles. The summed E-state index contributed by atoms with van der Waals surface area (Å²) < 4.78 is 0. The Balaban J connectivity index is 1.41. The molecule has 1 fully saturated rings. The molecule has 5 nitrogen and oxygen atoms in total. The highest BCUT2D eigenvalue weighted by Crippen LogP contribution is 2.21. The van der Waals surface area contributed by atoms with E-state index in [-0.39, 0.29) is 5.91 Å². The Labute approximate surface area is 165 Å². The van der Waals surface area contributed by atoms with Crippen LogP contribution in [0, 0.1) is 13.8 Å². The lowest BCUT2D eigenvalue weighted by atomic mass is 10.1. The summed E-state index contributed by atoms with van der Waals surface area (Å²) in [4.78, 5) is 26.1. The van der Waals surface area contributed by atoms with Crippen LogP contribution in [0.2, 0.25) is 0 Å². The Hall–Kier alpha value is -3.21. The maximum absolute atomic E-state index is 12.5. The van der Waals surface area contributed by atoms with Crippen molar-refractivity contribution in [3.05, 3.63) is 71.4 Å². The molecule has 1 saturated heterocycles. The number of anilines is 1. The number of para-hydroxylation sites is 2. The second kappa shape index (κ2) is 7.80. The molecular weight excluding hydrogens is 348 g/mol. The summed E-state index contributed by atoms with van der Waals surface area (Å²) in [5, 5.41) is 0. The minimum atomic E-state index is 0.0570. The largest absolute Gasteiger partial charge is 0.352 e. The normalized spacial score (nSPS) is 14.8. The number of carbonyl (C=O) groups excluding carboxylic acids is 1. The number of carbonyl (C=O) groups is 1. The molecule has 142 valence electrons. The molecule has 4 rings (SSSR count). The Morgan fingerprint density at radius 2 is 1.54 bits per heavy atom. The standard InChI is InChI=1S/C23H24N4O/c1-17-7-9-19(10-8-17)11-12-22(28)26-13-15-27(16-14-26)23-18(2)24-20-5-3-4-6-21(20)25-23/h3-12H,13-16H2,1-2H3/b12-11+. The third kappa shape index (κ3) is 3.88. The van der Waals surface area contributed by atoms with E-state index in [0.717, 1.165) is 41.2 Å². The van der Waals surface area contributed by atoms with Gasteiger partial charge in [0.15, 0.2) is 5.82 Å². The van der Waals surface area contributed by atoms with Crippen LogP contribution in [0.25, 0.3) is 17.1 Å². The number of hydrogen-bond acceptors (Lipinski definition) is 4. The van der Waals surface area contributed by atoms with Crippen LogP contribution in [-0.4, -0.2) is 47.0 Å². The fourth-order valence-electron chi connectivity index (χ4n) is 3.47. The highest BCUT2D eigenvalue weighted by atomic mass is 16.2. The third-order valence-electron chi connectivity index (χ3n) is 5.11. The number of benzene rings is 2. The zero-order valence-corrected chi connectivity index (χ0v) is 16.3. The van der Waals surface area contributed by atoms with Gasteiger partial charge in [-0.3, -0.25) is 4.79 Å². The first-order chi connectivity index (χ1) is 13.6. The summed E-state index contributed by atoms with van der Waals surface area (Å²) in [6.45, 7) is 6.95. The van der Waals surface area contributed by atoms with Gasteiger partial charge in [-0.05, 0) is 37.6 Å². The zero-order chi connectivity index (χ0) is 19.5. The van der Waals surface area contributed by atoms with Gasteiger partial charge >= 0.3 is 0 Å². The first-order valence-corrected chi connectivity index (χ1v) is 9.62. The maximum Gasteiger partial charge on any atom is 0.246 e. The van der Waals surface area contributed by atoms with Crippen molar-refractivity contribution in [2.45, 2.75) is 13.8 Å². The molecule has 2 aromatic carbocycles. The quantitative estimate of drug-likeness (QED) is 0.659. The summed E-state index contributed by atoms with van der Waals surface area (Å²) in [7, 11) is 0. The number of amides is 1. The molecule has 1 aliphatic rings. The van der Waals surface area contributed by atoms with Gasteiger partial charge in [-0.1, -0.05) is 42.0 Å². The van der Waals surface area contributed by atoms with Crippen molar-refractivity contribution in [3.8, 4) is 0 Å². The summed E-state index contributed by atoms with van der Waals surface area (Å²) in [6.07, 6.45) is 3.55. The van der Waals surface area contributed by atoms with Crippen LogP contribution < -0.4 is 4.90 Å². The molecule has 5 heteroatoms. The summed E-state index contributed by atoms with van der Waals surface area (Å²) in [5.74, 6) is 0.975. The van der Waals surface area contributed by atoms with Gasteiger partial charge in [-0.2, -0.15) is 0 Å². The smallest absolute Gasteiger partial charge is 0.246 e. The van der Waals surface area contributed by atoms with E-state index in [1.807, 2.05) is 54.3 Å². The van der Waals surface area contributed by atoms with E-state index >= 15 is 0 Å². The van der Waals surface area contributed by atoms with Gasteiger partial charge in [-0.25, -0.2) is 9.97 Å². The zero-order valence-electron chi connectivity index (χ0n) is 16.3. The first kappa shape index (κ1) is 18.2. The van der Waals surface area contributed by atoms with E-state index in [1.165, 1.54) is 5.56 Å². The number of rotatable bonds is 3. The average Bonchev–Trinajstić information content (AvgIpc) is 2.73. The molecule has 0 atom stereocenters. The predicted octanol–water partition coefficient (Wildman–Crippen LogP) is 3.61. The lowest BCUT2D eigenvalue weighted by Gasteiger charge is -2.35. The van der Waals surface area contributed by atoms with Crippen LogP contribution in [0.3, 0.4) is 0 Å². The monoisotopic (exact) mass is 372 g/mol. The van der Waals surface area contributed by atoms with Gasteiger partial charge in [0.1, 0.15) is 0 Å². The predicted molar refractivity (Wildman–Crippen MR) is 113 cm³/mol. The molecule has 0 N–H and O–H groups in total. The van der Waals surface area contributed by atoms with Crippen molar-refractivity contribution >= 4 is 28.8 Å². The number of nitrogens with zero attached hydrogens (tertiary/aromatic N) is 4. The van der Waals surface area contributed by atoms with Crippen LogP contribution in [-0.2, 0) is 4.79 Å². The molecular formula is C23H24N4O. The van der Waals surface area contributed by atoms with E-state index in [9.17, 15) is 4.79 Å². The number of fused-ring (bicyclic) bond motifs is 1. The molecule has 0 unspecified atom stereocenters. The molecule has 3 aromatic rings. The van der Waals surface area contributed by atoms with Crippen molar-refractivity contribution in [2.75, 3.05) is 31.1 Å². The van der Waals surface area contributed by atoms with Gasteiger partial charge in [0.25, 0.3) is 0 Å². The topological polar surface area (TPSA) is 49.3 Å². The summed E-state index contributed by atoms with van der Waals surface area (Å²) in [5.41, 5.74) is 5.01. The summed E-state index contributed by atoms with van der Waals surface area (Å²) in [6, 6.07) is 16.1. The highest BCUT2D eigenvalue weighted by Gasteiger charge is 2.22. The maximum atomic E-state index is 12.5. The van der Waals surface area contributed by atoms with Crippen LogP contribution in [0.15, 0.2) is 54.6 Å². The van der Waals surface area contributed by atoms with Crippen molar-refractivity contribution in [2.24, 2.45) is 0 Å². The van der Waals surface area contributed by atoms with Crippen LogP contribution in [0.1, 0.15) is 16.8 Å². The van der Waals surface area contributed by atoms with Gasteiger partial charge in [-0.15, -0.1) is 0 Å². The number of aryl methyl sites for hydroxylation is 2. The lowest BCUT2D eigenvalue weighted by Crippen LogP contribution is -2.48. The fraction of sp³-hybridized carbons (Fsp3) is 0.261. The van der Waals surface area contributed by atoms with Gasteiger partial charge in [0.05, 0.1) is 16.7 Å². The highest BCUT2D eigenvalue weighted by molar-refractivity contribution is 5.92. The van der Waals surface area contributed by atoms with E-state index in [2.05, 4.69) is 28.9 Å². The van der Waals surface area contributed by atoms with Crippen LogP contribution in [0.5, 0.6) is 0 Å². The first-order valence-electron chi connectivity index (χ1n) is 9.62. The van der Waals surface area contributed by atoms with E-state index in [4.69, 9.17) is 4.98 Å². The van der Waals surface area contributed by atoms with Crippen molar-refractivity contribution in [1.82, 2.24) is 14.9 Å². The van der Waals surface area contributed by atoms with Crippen molar-refractivity contribution in [1.29, 1.82) is 0 Å². The number of aromatic nitrogens is 2.